The van der Waals surface area contributed by atoms with Gasteiger partial charge in [-0.3, -0.25) is 4.68 Å². The van der Waals surface area contributed by atoms with E-state index in [9.17, 15) is 0 Å². The van der Waals surface area contributed by atoms with Crippen LogP contribution in [-0.4, -0.2) is 21.6 Å². The van der Waals surface area contributed by atoms with Crippen LogP contribution in [0.3, 0.4) is 0 Å². The van der Waals surface area contributed by atoms with Crippen LogP contribution in [0, 0.1) is 5.92 Å². The summed E-state index contributed by atoms with van der Waals surface area (Å²) >= 11 is 1.98. The van der Waals surface area contributed by atoms with Gasteiger partial charge in [0.2, 0.25) is 0 Å². The van der Waals surface area contributed by atoms with Crippen molar-refractivity contribution in [1.29, 1.82) is 0 Å². The van der Waals surface area contributed by atoms with E-state index in [2.05, 4.69) is 38.2 Å². The van der Waals surface area contributed by atoms with E-state index in [4.69, 9.17) is 0 Å². The second kappa shape index (κ2) is 4.70. The highest BCUT2D eigenvalue weighted by Crippen LogP contribution is 2.39. The third-order valence-corrected chi connectivity index (χ3v) is 4.75. The average Bonchev–Trinajstić information content (AvgIpc) is 2.56. The number of aryl methyl sites for hydroxylation is 2. The van der Waals surface area contributed by atoms with Crippen LogP contribution >= 0.6 is 11.8 Å². The van der Waals surface area contributed by atoms with Gasteiger partial charge in [-0.1, -0.05) is 39.0 Å². The van der Waals surface area contributed by atoms with Crippen LogP contribution in [0.4, 0.5) is 5.69 Å². The van der Waals surface area contributed by atoms with Crippen LogP contribution in [-0.2, 0) is 13.5 Å². The van der Waals surface area contributed by atoms with Crippen LogP contribution in [0.2, 0.25) is 0 Å². The maximum absolute atomic E-state index is 4.61. The molecule has 1 aliphatic rings. The van der Waals surface area contributed by atoms with Gasteiger partial charge >= 0.3 is 0 Å². The fourth-order valence-electron chi connectivity index (χ4n) is 2.05. The Morgan fingerprint density at radius 2 is 2.31 bits per heavy atom. The predicted octanol–water partition coefficient (Wildman–Crippen LogP) is 2.91. The molecular weight excluding hydrogens is 218 g/mol. The normalized spacial score (nSPS) is 19.7. The fraction of sp³-hybridized carbons (Fsp3) is 0.750. The van der Waals surface area contributed by atoms with E-state index in [-0.39, 0.29) is 0 Å². The molecule has 1 atom stereocenters. The molecule has 0 fully saturated rings. The third kappa shape index (κ3) is 2.08. The molecule has 0 spiro atoms. The lowest BCUT2D eigenvalue weighted by atomic mass is 10.1. The smallest absolute Gasteiger partial charge is 0.117 e. The summed E-state index contributed by atoms with van der Waals surface area (Å²) in [5.74, 6) is 0.704. The Hall–Kier alpha value is -0.640. The fourth-order valence-corrected chi connectivity index (χ4v) is 3.27. The molecule has 90 valence electrons. The molecular formula is C12H21N3S. The molecule has 0 aliphatic carbocycles. The molecule has 1 aliphatic heterocycles. The molecule has 0 radical (unpaired) electrons. The number of hydrogen-bond acceptors (Lipinski definition) is 3. The van der Waals surface area contributed by atoms with Crippen LogP contribution < -0.4 is 5.32 Å². The highest BCUT2D eigenvalue weighted by atomic mass is 32.2. The molecule has 4 heteroatoms. The van der Waals surface area contributed by atoms with Gasteiger partial charge in [0.05, 0.1) is 11.4 Å². The minimum Gasteiger partial charge on any atom is -0.380 e. The number of anilines is 1. The van der Waals surface area contributed by atoms with E-state index in [1.54, 1.807) is 0 Å². The van der Waals surface area contributed by atoms with Gasteiger partial charge in [-0.15, -0.1) is 0 Å². The molecule has 1 N–H and O–H groups in total. The van der Waals surface area contributed by atoms with E-state index < -0.39 is 0 Å². The first-order valence-corrected chi connectivity index (χ1v) is 6.97. The van der Waals surface area contributed by atoms with E-state index in [1.165, 1.54) is 16.4 Å². The summed E-state index contributed by atoms with van der Waals surface area (Å²) < 4.78 is 2.03. The second-order valence-corrected chi connectivity index (χ2v) is 6.01. The van der Waals surface area contributed by atoms with Crippen LogP contribution in [0.25, 0.3) is 0 Å². The molecule has 16 heavy (non-hydrogen) atoms. The van der Waals surface area contributed by atoms with Crippen molar-refractivity contribution >= 4 is 17.4 Å². The topological polar surface area (TPSA) is 29.9 Å². The van der Waals surface area contributed by atoms with Crippen molar-refractivity contribution in [3.63, 3.8) is 0 Å². The second-order valence-electron chi connectivity index (χ2n) is 4.78. The van der Waals surface area contributed by atoms with Gasteiger partial charge in [0, 0.05) is 18.8 Å². The first kappa shape index (κ1) is 11.8. The number of rotatable bonds is 3. The van der Waals surface area contributed by atoms with Crippen molar-refractivity contribution in [2.75, 3.05) is 11.9 Å². The van der Waals surface area contributed by atoms with Gasteiger partial charge in [0.15, 0.2) is 0 Å². The lowest BCUT2D eigenvalue weighted by molar-refractivity contribution is 0.611. The SMILES string of the molecule is CCCc1nn(C)c2c1NCC(C(C)C)S2. The van der Waals surface area contributed by atoms with E-state index in [0.29, 0.717) is 11.2 Å². The zero-order chi connectivity index (χ0) is 11.7. The summed E-state index contributed by atoms with van der Waals surface area (Å²) in [7, 11) is 2.05. The van der Waals surface area contributed by atoms with Gasteiger partial charge < -0.3 is 5.32 Å². The summed E-state index contributed by atoms with van der Waals surface area (Å²) in [5.41, 5.74) is 2.51. The van der Waals surface area contributed by atoms with Crippen molar-refractivity contribution in [2.45, 2.75) is 43.9 Å². The van der Waals surface area contributed by atoms with E-state index >= 15 is 0 Å². The van der Waals surface area contributed by atoms with Crippen LogP contribution in [0.5, 0.6) is 0 Å². The maximum atomic E-state index is 4.61. The Balaban J connectivity index is 2.25. The number of aromatic nitrogens is 2. The Morgan fingerprint density at radius 3 is 2.94 bits per heavy atom. The number of nitrogens with one attached hydrogen (secondary N) is 1. The maximum Gasteiger partial charge on any atom is 0.117 e. The summed E-state index contributed by atoms with van der Waals surface area (Å²) in [4.78, 5) is 0. The predicted molar refractivity (Wildman–Crippen MR) is 70.2 cm³/mol. The third-order valence-electron chi connectivity index (χ3n) is 3.04. The minimum absolute atomic E-state index is 0.664. The molecule has 0 bridgehead atoms. The largest absolute Gasteiger partial charge is 0.380 e. The summed E-state index contributed by atoms with van der Waals surface area (Å²) in [5, 5.41) is 10.2. The van der Waals surface area contributed by atoms with Crippen molar-refractivity contribution in [1.82, 2.24) is 9.78 Å². The molecule has 1 unspecified atom stereocenters. The molecule has 0 saturated heterocycles. The molecule has 3 nitrogen and oxygen atoms in total. The first-order valence-electron chi connectivity index (χ1n) is 6.09. The van der Waals surface area contributed by atoms with Crippen molar-refractivity contribution in [3.05, 3.63) is 5.69 Å². The van der Waals surface area contributed by atoms with Crippen LogP contribution in [0.1, 0.15) is 32.9 Å². The van der Waals surface area contributed by atoms with E-state index in [0.717, 1.165) is 19.4 Å². The number of thioether (sulfide) groups is 1. The van der Waals surface area contributed by atoms with Gasteiger partial charge in [-0.2, -0.15) is 5.10 Å². The number of fused-ring (bicyclic) bond motifs is 1. The highest BCUT2D eigenvalue weighted by Gasteiger charge is 2.26. The molecule has 2 heterocycles. The van der Waals surface area contributed by atoms with Gasteiger partial charge in [0.25, 0.3) is 0 Å². The first-order chi connectivity index (χ1) is 7.63. The Bertz CT molecular complexity index is 371. The molecule has 1 aromatic rings. The summed E-state index contributed by atoms with van der Waals surface area (Å²) in [6, 6.07) is 0. The Labute approximate surface area is 102 Å². The standard InChI is InChI=1S/C12H21N3S/c1-5-6-9-11-12(15(4)14-9)16-10(7-13-11)8(2)3/h8,10,13H,5-7H2,1-4H3. The Morgan fingerprint density at radius 1 is 1.56 bits per heavy atom. The van der Waals surface area contributed by atoms with E-state index in [1.807, 2.05) is 16.4 Å². The Kier molecular flexibility index (Phi) is 3.47. The number of nitrogens with zero attached hydrogens (tertiary/aromatic N) is 2. The number of hydrogen-bond donors (Lipinski definition) is 1. The zero-order valence-electron chi connectivity index (χ0n) is 10.6. The molecule has 2 rings (SSSR count). The quantitative estimate of drug-likeness (QED) is 0.879. The molecule has 0 saturated carbocycles. The molecule has 0 aromatic carbocycles. The van der Waals surface area contributed by atoms with Gasteiger partial charge in [-0.25, -0.2) is 0 Å². The highest BCUT2D eigenvalue weighted by molar-refractivity contribution is 8.00. The lowest BCUT2D eigenvalue weighted by Crippen LogP contribution is -2.26. The van der Waals surface area contributed by atoms with Crippen molar-refractivity contribution in [3.8, 4) is 0 Å². The van der Waals surface area contributed by atoms with Gasteiger partial charge in [0.1, 0.15) is 5.03 Å². The molecule has 0 amide bonds. The monoisotopic (exact) mass is 239 g/mol. The summed E-state index contributed by atoms with van der Waals surface area (Å²) in [6.07, 6.45) is 2.23. The lowest BCUT2D eigenvalue weighted by Gasteiger charge is -2.26. The van der Waals surface area contributed by atoms with Gasteiger partial charge in [-0.05, 0) is 12.3 Å². The zero-order valence-corrected chi connectivity index (χ0v) is 11.4. The van der Waals surface area contributed by atoms with Crippen molar-refractivity contribution < 1.29 is 0 Å². The summed E-state index contributed by atoms with van der Waals surface area (Å²) in [6.45, 7) is 7.84. The van der Waals surface area contributed by atoms with Crippen molar-refractivity contribution in [2.24, 2.45) is 13.0 Å². The molecule has 1 aromatic heterocycles. The van der Waals surface area contributed by atoms with Crippen LogP contribution in [0.15, 0.2) is 5.03 Å². The average molecular weight is 239 g/mol. The minimum atomic E-state index is 0.664.